The van der Waals surface area contributed by atoms with Gasteiger partial charge in [0.25, 0.3) is 0 Å². The fourth-order valence-electron chi connectivity index (χ4n) is 5.04. The number of rotatable bonds is 4. The first-order valence-electron chi connectivity index (χ1n) is 11.3. The number of nitrogens with one attached hydrogen (secondary N) is 1. The minimum absolute atomic E-state index is 0.259. The van der Waals surface area contributed by atoms with Crippen molar-refractivity contribution in [3.8, 4) is 0 Å². The van der Waals surface area contributed by atoms with Gasteiger partial charge in [0.1, 0.15) is 5.82 Å². The van der Waals surface area contributed by atoms with Crippen molar-refractivity contribution in [3.05, 3.63) is 65.0 Å². The summed E-state index contributed by atoms with van der Waals surface area (Å²) in [6.45, 7) is 4.27. The standard InChI is InChI=1S/C25H30N4O2/c1-31-25(30)28-15-12-19-7-8-22-23(21(19)17-28)27-24(20-9-13-26-14-10-20)29(22)16-11-18-5-3-2-4-6-18/h2-8,20,26H,9-17H2,1H3. The van der Waals surface area contributed by atoms with Crippen molar-refractivity contribution < 1.29 is 9.53 Å². The zero-order valence-electron chi connectivity index (χ0n) is 18.1. The number of hydrogen-bond acceptors (Lipinski definition) is 4. The van der Waals surface area contributed by atoms with Crippen LogP contribution >= 0.6 is 0 Å². The molecule has 0 spiro atoms. The third kappa shape index (κ3) is 3.92. The van der Waals surface area contributed by atoms with E-state index in [4.69, 9.17) is 9.72 Å². The Morgan fingerprint density at radius 3 is 2.74 bits per heavy atom. The first kappa shape index (κ1) is 20.1. The average Bonchev–Trinajstić information content (AvgIpc) is 3.22. The highest BCUT2D eigenvalue weighted by atomic mass is 16.5. The summed E-state index contributed by atoms with van der Waals surface area (Å²) in [7, 11) is 1.45. The Morgan fingerprint density at radius 1 is 1.16 bits per heavy atom. The topological polar surface area (TPSA) is 59.4 Å². The number of fused-ring (bicyclic) bond motifs is 3. The molecule has 3 aromatic rings. The van der Waals surface area contributed by atoms with Crippen LogP contribution in [0.25, 0.3) is 11.0 Å². The molecule has 3 heterocycles. The fourth-order valence-corrected chi connectivity index (χ4v) is 5.04. The zero-order chi connectivity index (χ0) is 21.2. The maximum absolute atomic E-state index is 12.2. The Bertz CT molecular complexity index is 1070. The first-order chi connectivity index (χ1) is 15.2. The average molecular weight is 419 g/mol. The van der Waals surface area contributed by atoms with Gasteiger partial charge in [0, 0.05) is 24.6 Å². The van der Waals surface area contributed by atoms with Crippen molar-refractivity contribution in [3.63, 3.8) is 0 Å². The zero-order valence-corrected chi connectivity index (χ0v) is 18.1. The van der Waals surface area contributed by atoms with Gasteiger partial charge in [-0.1, -0.05) is 36.4 Å². The summed E-state index contributed by atoms with van der Waals surface area (Å²) in [4.78, 5) is 19.2. The molecule has 0 aliphatic carbocycles. The van der Waals surface area contributed by atoms with Crippen LogP contribution in [0, 0.1) is 0 Å². The minimum Gasteiger partial charge on any atom is -0.453 e. The third-order valence-electron chi connectivity index (χ3n) is 6.76. The van der Waals surface area contributed by atoms with Crippen LogP contribution in [0.1, 0.15) is 41.3 Å². The SMILES string of the molecule is COC(=O)N1CCc2ccc3c(nc(C4CCNCC4)n3CCc3ccccc3)c2C1. The Kier molecular flexibility index (Phi) is 5.64. The Morgan fingerprint density at radius 2 is 1.97 bits per heavy atom. The van der Waals surface area contributed by atoms with E-state index in [0.29, 0.717) is 19.0 Å². The molecule has 1 fully saturated rings. The number of aryl methyl sites for hydroxylation is 2. The van der Waals surface area contributed by atoms with Gasteiger partial charge in [0.05, 0.1) is 24.7 Å². The van der Waals surface area contributed by atoms with Gasteiger partial charge in [-0.25, -0.2) is 9.78 Å². The molecule has 1 amide bonds. The van der Waals surface area contributed by atoms with Gasteiger partial charge in [0.15, 0.2) is 0 Å². The summed E-state index contributed by atoms with van der Waals surface area (Å²) in [5.41, 5.74) is 6.08. The van der Waals surface area contributed by atoms with E-state index in [1.165, 1.54) is 35.1 Å². The van der Waals surface area contributed by atoms with Gasteiger partial charge in [-0.3, -0.25) is 0 Å². The Balaban J connectivity index is 1.55. The van der Waals surface area contributed by atoms with E-state index < -0.39 is 0 Å². The lowest BCUT2D eigenvalue weighted by atomic mass is 9.97. The number of methoxy groups -OCH3 is 1. The lowest BCUT2D eigenvalue weighted by molar-refractivity contribution is 0.119. The molecule has 0 unspecified atom stereocenters. The lowest BCUT2D eigenvalue weighted by Gasteiger charge is -2.27. The smallest absolute Gasteiger partial charge is 0.409 e. The molecule has 6 nitrogen and oxygen atoms in total. The minimum atomic E-state index is -0.259. The number of carbonyl (C=O) groups is 1. The van der Waals surface area contributed by atoms with Crippen molar-refractivity contribution >= 4 is 17.1 Å². The molecule has 31 heavy (non-hydrogen) atoms. The summed E-state index contributed by atoms with van der Waals surface area (Å²) < 4.78 is 7.42. The molecular weight excluding hydrogens is 388 g/mol. The molecule has 0 bridgehead atoms. The number of imidazole rings is 1. The van der Waals surface area contributed by atoms with E-state index in [1.807, 2.05) is 0 Å². The molecule has 2 aromatic carbocycles. The van der Waals surface area contributed by atoms with Crippen molar-refractivity contribution in [2.45, 2.75) is 44.7 Å². The van der Waals surface area contributed by atoms with E-state index in [9.17, 15) is 4.79 Å². The molecule has 2 aliphatic heterocycles. The number of hydrogen-bond donors (Lipinski definition) is 1. The summed E-state index contributed by atoms with van der Waals surface area (Å²) in [5.74, 6) is 1.68. The Hall–Kier alpha value is -2.86. The van der Waals surface area contributed by atoms with E-state index in [1.54, 1.807) is 4.90 Å². The highest BCUT2D eigenvalue weighted by molar-refractivity contribution is 5.82. The quantitative estimate of drug-likeness (QED) is 0.699. The van der Waals surface area contributed by atoms with Gasteiger partial charge in [-0.05, 0) is 56.0 Å². The number of amides is 1. The largest absolute Gasteiger partial charge is 0.453 e. The molecule has 2 aliphatic rings. The van der Waals surface area contributed by atoms with Crippen molar-refractivity contribution in [1.82, 2.24) is 19.8 Å². The molecule has 6 heteroatoms. The number of benzene rings is 2. The molecule has 1 N–H and O–H groups in total. The predicted octanol–water partition coefficient (Wildman–Crippen LogP) is 3.87. The van der Waals surface area contributed by atoms with Crippen LogP contribution in [0.5, 0.6) is 0 Å². The second-order valence-electron chi connectivity index (χ2n) is 8.59. The van der Waals surface area contributed by atoms with Gasteiger partial charge in [-0.15, -0.1) is 0 Å². The van der Waals surface area contributed by atoms with E-state index in [2.05, 4.69) is 52.3 Å². The summed E-state index contributed by atoms with van der Waals surface area (Å²) >= 11 is 0. The number of carbonyl (C=O) groups excluding carboxylic acids is 1. The molecule has 0 saturated carbocycles. The maximum atomic E-state index is 12.2. The molecular formula is C25H30N4O2. The van der Waals surface area contributed by atoms with Crippen LogP contribution in [0.3, 0.4) is 0 Å². The van der Waals surface area contributed by atoms with Gasteiger partial charge in [0.2, 0.25) is 0 Å². The van der Waals surface area contributed by atoms with Gasteiger partial charge in [-0.2, -0.15) is 0 Å². The van der Waals surface area contributed by atoms with Gasteiger partial charge >= 0.3 is 6.09 Å². The van der Waals surface area contributed by atoms with Crippen LogP contribution in [-0.2, 0) is 30.7 Å². The number of aromatic nitrogens is 2. The summed E-state index contributed by atoms with van der Waals surface area (Å²) in [6, 6.07) is 15.1. The molecule has 0 radical (unpaired) electrons. The Labute approximate surface area is 183 Å². The molecule has 0 atom stereocenters. The molecule has 162 valence electrons. The van der Waals surface area contributed by atoms with Crippen LogP contribution < -0.4 is 5.32 Å². The highest BCUT2D eigenvalue weighted by Gasteiger charge is 2.27. The maximum Gasteiger partial charge on any atom is 0.409 e. The van der Waals surface area contributed by atoms with Crippen LogP contribution in [0.15, 0.2) is 42.5 Å². The second-order valence-corrected chi connectivity index (χ2v) is 8.59. The van der Waals surface area contributed by atoms with Crippen molar-refractivity contribution in [2.24, 2.45) is 0 Å². The van der Waals surface area contributed by atoms with E-state index in [-0.39, 0.29) is 6.09 Å². The number of nitrogens with zero attached hydrogens (tertiary/aromatic N) is 3. The third-order valence-corrected chi connectivity index (χ3v) is 6.76. The van der Waals surface area contributed by atoms with E-state index >= 15 is 0 Å². The van der Waals surface area contributed by atoms with E-state index in [0.717, 1.165) is 50.8 Å². The highest BCUT2D eigenvalue weighted by Crippen LogP contribution is 2.33. The first-order valence-corrected chi connectivity index (χ1v) is 11.3. The summed E-state index contributed by atoms with van der Waals surface area (Å²) in [6.07, 6.45) is 3.80. The molecule has 5 rings (SSSR count). The number of ether oxygens (including phenoxy) is 1. The van der Waals surface area contributed by atoms with Crippen LogP contribution in [-0.4, -0.2) is 47.3 Å². The second kappa shape index (κ2) is 8.71. The molecule has 1 saturated heterocycles. The summed E-state index contributed by atoms with van der Waals surface area (Å²) in [5, 5.41) is 3.48. The lowest BCUT2D eigenvalue weighted by Crippen LogP contribution is -2.35. The molecule has 1 aromatic heterocycles. The monoisotopic (exact) mass is 418 g/mol. The normalized spacial score (nSPS) is 17.0. The van der Waals surface area contributed by atoms with Crippen LogP contribution in [0.4, 0.5) is 4.79 Å². The number of piperidine rings is 1. The fraction of sp³-hybridized carbons (Fsp3) is 0.440. The van der Waals surface area contributed by atoms with Crippen LogP contribution in [0.2, 0.25) is 0 Å². The predicted molar refractivity (Wildman–Crippen MR) is 121 cm³/mol. The van der Waals surface area contributed by atoms with Crippen molar-refractivity contribution in [1.29, 1.82) is 0 Å². The van der Waals surface area contributed by atoms with Crippen molar-refractivity contribution in [2.75, 3.05) is 26.7 Å². The van der Waals surface area contributed by atoms with Gasteiger partial charge < -0.3 is 19.5 Å².